The van der Waals surface area contributed by atoms with Gasteiger partial charge in [0, 0.05) is 29.9 Å². The van der Waals surface area contributed by atoms with Crippen molar-refractivity contribution in [3.05, 3.63) is 29.8 Å². The first kappa shape index (κ1) is 18.2. The van der Waals surface area contributed by atoms with Gasteiger partial charge in [-0.05, 0) is 63.3 Å². The second-order valence-corrected chi connectivity index (χ2v) is 7.07. The Hall–Kier alpha value is -2.57. The van der Waals surface area contributed by atoms with Crippen molar-refractivity contribution in [3.8, 4) is 0 Å². The third-order valence-electron chi connectivity index (χ3n) is 4.80. The SMILES string of the molecule is CC1CCCCN1C(=O)c1ccc(NC(=O)CNC(=O)NC2CC2)cc1. The Labute approximate surface area is 153 Å². The minimum absolute atomic E-state index is 0.0356. The van der Waals surface area contributed by atoms with Gasteiger partial charge in [-0.25, -0.2) is 4.79 Å². The Morgan fingerprint density at radius 3 is 2.46 bits per heavy atom. The van der Waals surface area contributed by atoms with Gasteiger partial charge in [-0.2, -0.15) is 0 Å². The molecule has 1 heterocycles. The minimum Gasteiger partial charge on any atom is -0.336 e. The number of amides is 4. The molecule has 1 saturated heterocycles. The van der Waals surface area contributed by atoms with Crippen LogP contribution in [0, 0.1) is 0 Å². The first-order valence-corrected chi connectivity index (χ1v) is 9.28. The Morgan fingerprint density at radius 1 is 1.08 bits per heavy atom. The van der Waals surface area contributed by atoms with Crippen LogP contribution in [0.3, 0.4) is 0 Å². The molecule has 0 aromatic heterocycles. The summed E-state index contributed by atoms with van der Waals surface area (Å²) >= 11 is 0. The van der Waals surface area contributed by atoms with Crippen molar-refractivity contribution in [2.45, 2.75) is 51.1 Å². The summed E-state index contributed by atoms with van der Waals surface area (Å²) in [6.07, 6.45) is 5.26. The normalized spacial score (nSPS) is 19.6. The van der Waals surface area contributed by atoms with Crippen LogP contribution < -0.4 is 16.0 Å². The van der Waals surface area contributed by atoms with E-state index in [0.717, 1.165) is 32.2 Å². The maximum Gasteiger partial charge on any atom is 0.315 e. The molecule has 1 aliphatic carbocycles. The summed E-state index contributed by atoms with van der Waals surface area (Å²) in [5, 5.41) is 8.00. The van der Waals surface area contributed by atoms with Gasteiger partial charge in [0.2, 0.25) is 5.91 Å². The number of carbonyl (C=O) groups is 3. The molecule has 26 heavy (non-hydrogen) atoms. The van der Waals surface area contributed by atoms with Crippen LogP contribution in [0.2, 0.25) is 0 Å². The highest BCUT2D eigenvalue weighted by molar-refractivity contribution is 5.97. The number of nitrogens with zero attached hydrogens (tertiary/aromatic N) is 1. The zero-order valence-corrected chi connectivity index (χ0v) is 15.1. The monoisotopic (exact) mass is 358 g/mol. The average Bonchev–Trinajstić information content (AvgIpc) is 3.44. The molecule has 0 spiro atoms. The van der Waals surface area contributed by atoms with E-state index >= 15 is 0 Å². The highest BCUT2D eigenvalue weighted by Gasteiger charge is 2.24. The molecule has 4 amide bonds. The smallest absolute Gasteiger partial charge is 0.315 e. The molecule has 1 unspecified atom stereocenters. The highest BCUT2D eigenvalue weighted by atomic mass is 16.2. The van der Waals surface area contributed by atoms with E-state index in [0.29, 0.717) is 11.3 Å². The number of nitrogens with one attached hydrogen (secondary N) is 3. The van der Waals surface area contributed by atoms with Gasteiger partial charge in [-0.1, -0.05) is 0 Å². The summed E-state index contributed by atoms with van der Waals surface area (Å²) in [5.74, 6) is -0.270. The summed E-state index contributed by atoms with van der Waals surface area (Å²) < 4.78 is 0. The zero-order chi connectivity index (χ0) is 18.5. The number of carbonyl (C=O) groups excluding carboxylic acids is 3. The van der Waals surface area contributed by atoms with Crippen molar-refractivity contribution in [3.63, 3.8) is 0 Å². The molecule has 1 aromatic carbocycles. The molecule has 2 aliphatic rings. The van der Waals surface area contributed by atoms with E-state index in [9.17, 15) is 14.4 Å². The third kappa shape index (κ3) is 4.97. The number of likely N-dealkylation sites (tertiary alicyclic amines) is 1. The number of hydrogen-bond donors (Lipinski definition) is 3. The van der Waals surface area contributed by atoms with Gasteiger partial charge in [0.25, 0.3) is 5.91 Å². The van der Waals surface area contributed by atoms with E-state index in [4.69, 9.17) is 0 Å². The molecule has 1 aromatic rings. The lowest BCUT2D eigenvalue weighted by molar-refractivity contribution is -0.115. The molecule has 1 aliphatic heterocycles. The van der Waals surface area contributed by atoms with Gasteiger partial charge in [0.1, 0.15) is 0 Å². The van der Waals surface area contributed by atoms with Crippen molar-refractivity contribution in [2.24, 2.45) is 0 Å². The van der Waals surface area contributed by atoms with Gasteiger partial charge in [0.15, 0.2) is 0 Å². The predicted molar refractivity (Wildman–Crippen MR) is 99.0 cm³/mol. The van der Waals surface area contributed by atoms with Crippen molar-refractivity contribution in [2.75, 3.05) is 18.4 Å². The van der Waals surface area contributed by atoms with Crippen molar-refractivity contribution in [1.29, 1.82) is 0 Å². The van der Waals surface area contributed by atoms with E-state index in [1.54, 1.807) is 24.3 Å². The number of piperidine rings is 1. The fraction of sp³-hybridized carbons (Fsp3) is 0.526. The number of rotatable bonds is 5. The Kier molecular flexibility index (Phi) is 5.75. The maximum absolute atomic E-state index is 12.6. The molecule has 0 bridgehead atoms. The standard InChI is InChI=1S/C19H26N4O3/c1-13-4-2-3-11-23(13)18(25)14-5-7-15(8-6-14)21-17(24)12-20-19(26)22-16-9-10-16/h5-8,13,16H,2-4,9-12H2,1H3,(H,21,24)(H2,20,22,26). The second kappa shape index (κ2) is 8.21. The van der Waals surface area contributed by atoms with E-state index < -0.39 is 0 Å². The fourth-order valence-corrected chi connectivity index (χ4v) is 3.09. The van der Waals surface area contributed by atoms with Crippen molar-refractivity contribution < 1.29 is 14.4 Å². The van der Waals surface area contributed by atoms with Crippen LogP contribution in [-0.4, -0.2) is 47.9 Å². The van der Waals surface area contributed by atoms with E-state index in [-0.39, 0.29) is 36.5 Å². The number of anilines is 1. The third-order valence-corrected chi connectivity index (χ3v) is 4.80. The Bertz CT molecular complexity index is 670. The van der Waals surface area contributed by atoms with E-state index in [2.05, 4.69) is 22.9 Å². The summed E-state index contributed by atoms with van der Waals surface area (Å²) in [6, 6.07) is 7.08. The second-order valence-electron chi connectivity index (χ2n) is 7.07. The molecule has 3 rings (SSSR count). The average molecular weight is 358 g/mol. The lowest BCUT2D eigenvalue weighted by Gasteiger charge is -2.33. The van der Waals surface area contributed by atoms with Crippen LogP contribution in [0.1, 0.15) is 49.4 Å². The minimum atomic E-state index is -0.320. The molecule has 7 heteroatoms. The molecule has 2 fully saturated rings. The quantitative estimate of drug-likeness (QED) is 0.753. The Balaban J connectivity index is 1.48. The molecule has 7 nitrogen and oxygen atoms in total. The highest BCUT2D eigenvalue weighted by Crippen LogP contribution is 2.20. The fourth-order valence-electron chi connectivity index (χ4n) is 3.09. The topological polar surface area (TPSA) is 90.5 Å². The summed E-state index contributed by atoms with van der Waals surface area (Å²) in [4.78, 5) is 37.9. The zero-order valence-electron chi connectivity index (χ0n) is 15.1. The molecule has 3 N–H and O–H groups in total. The summed E-state index contributed by atoms with van der Waals surface area (Å²) in [5.41, 5.74) is 1.22. The largest absolute Gasteiger partial charge is 0.336 e. The van der Waals surface area contributed by atoms with Crippen LogP contribution in [0.15, 0.2) is 24.3 Å². The first-order valence-electron chi connectivity index (χ1n) is 9.28. The summed E-state index contributed by atoms with van der Waals surface area (Å²) in [7, 11) is 0. The van der Waals surface area contributed by atoms with Gasteiger partial charge >= 0.3 is 6.03 Å². The van der Waals surface area contributed by atoms with Crippen molar-refractivity contribution in [1.82, 2.24) is 15.5 Å². The predicted octanol–water partition coefficient (Wildman–Crippen LogP) is 2.10. The van der Waals surface area contributed by atoms with Gasteiger partial charge in [0.05, 0.1) is 6.54 Å². The van der Waals surface area contributed by atoms with Crippen LogP contribution in [0.25, 0.3) is 0 Å². The molecule has 1 atom stereocenters. The molecular formula is C19H26N4O3. The maximum atomic E-state index is 12.6. The summed E-state index contributed by atoms with van der Waals surface area (Å²) in [6.45, 7) is 2.79. The lowest BCUT2D eigenvalue weighted by atomic mass is 10.0. The van der Waals surface area contributed by atoms with Crippen LogP contribution in [0.5, 0.6) is 0 Å². The van der Waals surface area contributed by atoms with Crippen LogP contribution in [-0.2, 0) is 4.79 Å². The number of hydrogen-bond acceptors (Lipinski definition) is 3. The molecule has 1 saturated carbocycles. The van der Waals surface area contributed by atoms with Gasteiger partial charge < -0.3 is 20.9 Å². The van der Waals surface area contributed by atoms with Crippen LogP contribution >= 0.6 is 0 Å². The van der Waals surface area contributed by atoms with Gasteiger partial charge in [-0.15, -0.1) is 0 Å². The van der Waals surface area contributed by atoms with E-state index in [1.165, 1.54) is 6.42 Å². The number of urea groups is 1. The molecule has 140 valence electrons. The van der Waals surface area contributed by atoms with Crippen molar-refractivity contribution >= 4 is 23.5 Å². The first-order chi connectivity index (χ1) is 12.5. The molecule has 0 radical (unpaired) electrons. The van der Waals surface area contributed by atoms with Gasteiger partial charge in [-0.3, -0.25) is 9.59 Å². The number of benzene rings is 1. The lowest BCUT2D eigenvalue weighted by Crippen LogP contribution is -2.42. The van der Waals surface area contributed by atoms with Crippen LogP contribution in [0.4, 0.5) is 10.5 Å². The molecular weight excluding hydrogens is 332 g/mol. The Morgan fingerprint density at radius 2 is 1.81 bits per heavy atom. The van der Waals surface area contributed by atoms with E-state index in [1.807, 2.05) is 4.90 Å².